The molecule has 0 aliphatic carbocycles. The van der Waals surface area contributed by atoms with Crippen molar-refractivity contribution in [1.29, 1.82) is 5.26 Å². The van der Waals surface area contributed by atoms with Gasteiger partial charge >= 0.3 is 0 Å². The molecule has 0 heterocycles. The van der Waals surface area contributed by atoms with Crippen LogP contribution in [0.5, 0.6) is 0 Å². The van der Waals surface area contributed by atoms with E-state index in [2.05, 4.69) is 69.6 Å². The summed E-state index contributed by atoms with van der Waals surface area (Å²) >= 11 is 0. The highest BCUT2D eigenvalue weighted by Crippen LogP contribution is 2.32. The Labute approximate surface area is 302 Å². The number of nitrogens with zero attached hydrogens (tertiary/aromatic N) is 3. The van der Waals surface area contributed by atoms with Gasteiger partial charge in [-0.3, -0.25) is 4.90 Å². The normalized spacial score (nSPS) is 15.0. The molecule has 0 radical (unpaired) electrons. The lowest BCUT2D eigenvalue weighted by molar-refractivity contribution is -0.00159. The number of nitroso groups, excluding NO2 is 1. The van der Waals surface area contributed by atoms with Crippen LogP contribution < -0.4 is 10.4 Å². The third kappa shape index (κ3) is 12.6. The Balaban J connectivity index is 3.87. The van der Waals surface area contributed by atoms with Crippen molar-refractivity contribution in [2.24, 2.45) is 5.18 Å². The van der Waals surface area contributed by atoms with Crippen LogP contribution in [0, 0.1) is 16.2 Å². The highest BCUT2D eigenvalue weighted by atomic mass is 19.1. The third-order valence-electron chi connectivity index (χ3n) is 9.55. The topological polar surface area (TPSA) is 74.9 Å². The molecule has 1 rings (SSSR count). The Morgan fingerprint density at radius 3 is 2.26 bits per heavy atom. The van der Waals surface area contributed by atoms with Gasteiger partial charge < -0.3 is 9.47 Å². The Morgan fingerprint density at radius 2 is 1.74 bits per heavy atom. The highest BCUT2D eigenvalue weighted by molar-refractivity contribution is 5.67. The van der Waals surface area contributed by atoms with Gasteiger partial charge in [0.15, 0.2) is 0 Å². The second-order valence-corrected chi connectivity index (χ2v) is 13.0. The molecule has 0 aliphatic rings. The molecule has 0 amide bonds. The summed E-state index contributed by atoms with van der Waals surface area (Å²) < 4.78 is 29.7. The minimum atomic E-state index is -0.516. The van der Waals surface area contributed by atoms with Gasteiger partial charge in [0.05, 0.1) is 30.9 Å². The van der Waals surface area contributed by atoms with E-state index in [0.717, 1.165) is 66.8 Å². The second-order valence-electron chi connectivity index (χ2n) is 13.0. The van der Waals surface area contributed by atoms with Crippen molar-refractivity contribution < 1.29 is 13.9 Å². The number of allylic oxidation sites excluding steroid dienone is 4. The number of ether oxygens (including phenoxy) is 2. The molecule has 0 bridgehead atoms. The summed E-state index contributed by atoms with van der Waals surface area (Å²) in [6.45, 7) is 30.7. The largest absolute Gasteiger partial charge is 0.491 e. The predicted molar refractivity (Wildman–Crippen MR) is 209 cm³/mol. The first kappa shape index (κ1) is 44.4. The molecular weight excluding hydrogens is 625 g/mol. The summed E-state index contributed by atoms with van der Waals surface area (Å²) in [5, 5.41) is 14.3. The number of likely N-dealkylation sites (N-methyl/N-ethyl adjacent to an activating group) is 1. The molecule has 0 saturated carbocycles. The molecule has 50 heavy (non-hydrogen) atoms. The molecule has 7 heteroatoms. The summed E-state index contributed by atoms with van der Waals surface area (Å²) in [6, 6.07) is 7.69. The van der Waals surface area contributed by atoms with Crippen LogP contribution in [0.25, 0.3) is 11.6 Å². The van der Waals surface area contributed by atoms with E-state index in [4.69, 9.17) is 9.47 Å². The molecular formula is C43H64FN3O3. The number of hydrogen-bond donors (Lipinski definition) is 0. The van der Waals surface area contributed by atoms with Gasteiger partial charge in [-0.15, -0.1) is 13.2 Å². The molecule has 1 aromatic rings. The van der Waals surface area contributed by atoms with Crippen LogP contribution in [-0.2, 0) is 15.9 Å². The summed E-state index contributed by atoms with van der Waals surface area (Å²) in [5.41, 5.74) is 3.33. The number of nitriles is 1. The summed E-state index contributed by atoms with van der Waals surface area (Å²) in [5.74, 6) is 0.0735. The van der Waals surface area contributed by atoms with Gasteiger partial charge in [0.25, 0.3) is 0 Å². The zero-order valence-electron chi connectivity index (χ0n) is 32.4. The second kappa shape index (κ2) is 23.7. The van der Waals surface area contributed by atoms with Gasteiger partial charge in [-0.1, -0.05) is 83.1 Å². The standard InChI is InChI=1S/C43H64FN3O3/c1-12-21-38(24-20-28-45)50-35(11)40(25-29-49-31-43(26-13-2,27-14-3)47(17-6)18-7)34(10)42(44)33(9)39(16-5)41-36(15-4)22-19-23-37(41)30-32(8)46-48/h13-14,19,22-23,30,32,38H,2-3,11-12,15-18,20-21,24-27,29,31H2,1,4-10H3/b37-30-,40-34-,41-39+,42-33-. The zero-order valence-corrected chi connectivity index (χ0v) is 32.4. The van der Waals surface area contributed by atoms with Gasteiger partial charge in [-0.05, 0) is 118 Å². The molecule has 2 atom stereocenters. The van der Waals surface area contributed by atoms with Crippen molar-refractivity contribution in [3.63, 3.8) is 0 Å². The molecule has 0 aliphatic heterocycles. The first-order chi connectivity index (χ1) is 24.0. The fraction of sp³-hybridized carbons (Fsp3) is 0.558. The Kier molecular flexibility index (Phi) is 21.1. The lowest BCUT2D eigenvalue weighted by Gasteiger charge is -2.42. The first-order valence-corrected chi connectivity index (χ1v) is 18.5. The van der Waals surface area contributed by atoms with E-state index >= 15 is 4.39 Å². The number of rotatable bonds is 25. The minimum absolute atomic E-state index is 0.194. The SMILES string of the molecule is C=CCC(CC=C)(COCC/C(C(=C)OC(CCC)CCC#N)=C(C)/C(F)=C(C)/C(CC)=c1\c(CC)ccc\c1=C\C(C)N=O)N(CC)CC. The Hall–Kier alpha value is -3.60. The van der Waals surface area contributed by atoms with E-state index in [1.54, 1.807) is 13.8 Å². The lowest BCUT2D eigenvalue weighted by atomic mass is 9.89. The van der Waals surface area contributed by atoms with E-state index in [1.807, 2.05) is 44.2 Å². The van der Waals surface area contributed by atoms with Gasteiger partial charge in [0.1, 0.15) is 17.6 Å². The molecule has 0 saturated heterocycles. The third-order valence-corrected chi connectivity index (χ3v) is 9.55. The van der Waals surface area contributed by atoms with Crippen LogP contribution in [-0.4, -0.2) is 48.9 Å². The Morgan fingerprint density at radius 1 is 1.08 bits per heavy atom. The van der Waals surface area contributed by atoms with Crippen molar-refractivity contribution in [2.45, 2.75) is 131 Å². The van der Waals surface area contributed by atoms with Crippen LogP contribution >= 0.6 is 0 Å². The maximum absolute atomic E-state index is 16.9. The first-order valence-electron chi connectivity index (χ1n) is 18.5. The highest BCUT2D eigenvalue weighted by Gasteiger charge is 2.33. The van der Waals surface area contributed by atoms with Crippen LogP contribution in [0.1, 0.15) is 112 Å². The van der Waals surface area contributed by atoms with Crippen LogP contribution in [0.3, 0.4) is 0 Å². The van der Waals surface area contributed by atoms with E-state index in [0.29, 0.717) is 61.4 Å². The van der Waals surface area contributed by atoms with E-state index < -0.39 is 6.04 Å². The average molecular weight is 690 g/mol. The molecule has 6 nitrogen and oxygen atoms in total. The van der Waals surface area contributed by atoms with Crippen molar-refractivity contribution >= 4 is 11.6 Å². The molecule has 0 fully saturated rings. The number of hydrogen-bond acceptors (Lipinski definition) is 6. The molecule has 0 aromatic heterocycles. The monoisotopic (exact) mass is 689 g/mol. The summed E-state index contributed by atoms with van der Waals surface area (Å²) in [4.78, 5) is 13.7. The van der Waals surface area contributed by atoms with E-state index in [-0.39, 0.29) is 17.5 Å². The molecule has 1 aromatic carbocycles. The van der Waals surface area contributed by atoms with Gasteiger partial charge in [0, 0.05) is 12.0 Å². The number of benzene rings is 1. The van der Waals surface area contributed by atoms with Crippen molar-refractivity contribution in [3.8, 4) is 6.07 Å². The molecule has 0 spiro atoms. The number of halogens is 1. The Bertz CT molecular complexity index is 1490. The minimum Gasteiger partial charge on any atom is -0.491 e. The average Bonchev–Trinajstić information content (AvgIpc) is 3.11. The molecule has 0 N–H and O–H groups in total. The van der Waals surface area contributed by atoms with E-state index in [9.17, 15) is 10.2 Å². The van der Waals surface area contributed by atoms with Gasteiger partial charge in [0.2, 0.25) is 0 Å². The zero-order chi connectivity index (χ0) is 37.7. The maximum atomic E-state index is 16.9. The van der Waals surface area contributed by atoms with Crippen molar-refractivity contribution in [2.75, 3.05) is 26.3 Å². The van der Waals surface area contributed by atoms with Gasteiger partial charge in [-0.2, -0.15) is 10.2 Å². The van der Waals surface area contributed by atoms with Crippen LogP contribution in [0.2, 0.25) is 0 Å². The summed E-state index contributed by atoms with van der Waals surface area (Å²) in [6.07, 6.45) is 11.4. The molecule has 276 valence electrons. The fourth-order valence-corrected chi connectivity index (χ4v) is 6.92. The van der Waals surface area contributed by atoms with Crippen molar-refractivity contribution in [1.82, 2.24) is 4.90 Å². The fourth-order valence-electron chi connectivity index (χ4n) is 6.92. The quantitative estimate of drug-likeness (QED) is 0.0336. The van der Waals surface area contributed by atoms with E-state index in [1.165, 1.54) is 0 Å². The maximum Gasteiger partial charge on any atom is 0.129 e. The van der Waals surface area contributed by atoms with Crippen LogP contribution in [0.15, 0.2) is 83.6 Å². The lowest BCUT2D eigenvalue weighted by Crippen LogP contribution is -2.51. The van der Waals surface area contributed by atoms with Crippen LogP contribution in [0.4, 0.5) is 4.39 Å². The summed E-state index contributed by atoms with van der Waals surface area (Å²) in [7, 11) is 0. The van der Waals surface area contributed by atoms with Crippen molar-refractivity contribution in [3.05, 3.63) is 99.3 Å². The molecule has 2 unspecified atom stereocenters. The van der Waals surface area contributed by atoms with Gasteiger partial charge in [-0.25, -0.2) is 4.39 Å². The predicted octanol–water partition coefficient (Wildman–Crippen LogP) is 9.95. The smallest absolute Gasteiger partial charge is 0.129 e. The number of aryl methyl sites for hydroxylation is 1.